The van der Waals surface area contributed by atoms with Gasteiger partial charge >= 0.3 is 12.0 Å². The Balaban J connectivity index is 2.45. The van der Waals surface area contributed by atoms with Crippen LogP contribution < -0.4 is 5.32 Å². The molecule has 0 aliphatic heterocycles. The molecule has 2 N–H and O–H groups in total. The summed E-state index contributed by atoms with van der Waals surface area (Å²) < 4.78 is 0. The number of carbonyl (C=O) groups excluding carboxylic acids is 1. The smallest absolute Gasteiger partial charge is 0.323 e. The third-order valence-electron chi connectivity index (χ3n) is 2.05. The maximum absolute atomic E-state index is 11.5. The van der Waals surface area contributed by atoms with Crippen molar-refractivity contribution in [1.29, 1.82) is 0 Å². The van der Waals surface area contributed by atoms with Gasteiger partial charge in [-0.15, -0.1) is 0 Å². The number of hydrogen-bond donors (Lipinski definition) is 2. The van der Waals surface area contributed by atoms with Crippen molar-refractivity contribution in [3.05, 3.63) is 34.9 Å². The molecule has 0 radical (unpaired) electrons. The summed E-state index contributed by atoms with van der Waals surface area (Å²) >= 11 is 5.79. The molecule has 17 heavy (non-hydrogen) atoms. The van der Waals surface area contributed by atoms with Crippen molar-refractivity contribution in [2.75, 3.05) is 13.6 Å². The molecule has 0 spiro atoms. The van der Waals surface area contributed by atoms with E-state index in [1.807, 2.05) is 6.07 Å². The van der Waals surface area contributed by atoms with E-state index in [-0.39, 0.29) is 6.54 Å². The molecular formula is C11H13ClN2O3. The first-order valence-corrected chi connectivity index (χ1v) is 5.32. The highest BCUT2D eigenvalue weighted by Gasteiger charge is 2.10. The van der Waals surface area contributed by atoms with Crippen LogP contribution in [0.5, 0.6) is 0 Å². The van der Waals surface area contributed by atoms with Gasteiger partial charge in [0.15, 0.2) is 0 Å². The summed E-state index contributed by atoms with van der Waals surface area (Å²) in [5.74, 6) is -1.05. The molecular weight excluding hydrogens is 244 g/mol. The number of carboxylic acid groups (broad SMARTS) is 1. The fourth-order valence-corrected chi connectivity index (χ4v) is 1.45. The average molecular weight is 257 g/mol. The molecule has 0 aliphatic carbocycles. The summed E-state index contributed by atoms with van der Waals surface area (Å²) in [7, 11) is 1.42. The fraction of sp³-hybridized carbons (Fsp3) is 0.273. The topological polar surface area (TPSA) is 69.6 Å². The number of hydrogen-bond acceptors (Lipinski definition) is 2. The SMILES string of the molecule is CN(CC(=O)O)C(=O)NCc1cccc(Cl)c1. The fourth-order valence-electron chi connectivity index (χ4n) is 1.23. The number of halogens is 1. The van der Waals surface area contributed by atoms with Gasteiger partial charge < -0.3 is 15.3 Å². The zero-order chi connectivity index (χ0) is 12.8. The largest absolute Gasteiger partial charge is 0.480 e. The molecule has 1 aromatic rings. The molecule has 6 heteroatoms. The molecule has 0 fully saturated rings. The van der Waals surface area contributed by atoms with Crippen LogP contribution in [0, 0.1) is 0 Å². The number of rotatable bonds is 4. The third-order valence-corrected chi connectivity index (χ3v) is 2.29. The molecule has 2 amide bonds. The lowest BCUT2D eigenvalue weighted by molar-refractivity contribution is -0.137. The number of amides is 2. The second kappa shape index (κ2) is 6.10. The van der Waals surface area contributed by atoms with Gasteiger partial charge in [0.25, 0.3) is 0 Å². The predicted octanol–water partition coefficient (Wildman–Crippen LogP) is 1.57. The lowest BCUT2D eigenvalue weighted by Gasteiger charge is -2.15. The minimum atomic E-state index is -1.05. The van der Waals surface area contributed by atoms with Crippen LogP contribution in [0.2, 0.25) is 5.02 Å². The van der Waals surface area contributed by atoms with E-state index in [2.05, 4.69) is 5.32 Å². The lowest BCUT2D eigenvalue weighted by atomic mass is 10.2. The van der Waals surface area contributed by atoms with Crippen molar-refractivity contribution in [3.8, 4) is 0 Å². The van der Waals surface area contributed by atoms with E-state index in [9.17, 15) is 9.59 Å². The first-order chi connectivity index (χ1) is 7.99. The molecule has 0 saturated heterocycles. The monoisotopic (exact) mass is 256 g/mol. The molecule has 0 unspecified atom stereocenters. The van der Waals surface area contributed by atoms with Crippen molar-refractivity contribution in [1.82, 2.24) is 10.2 Å². The van der Waals surface area contributed by atoms with E-state index >= 15 is 0 Å². The number of aliphatic carboxylic acids is 1. The van der Waals surface area contributed by atoms with Gasteiger partial charge in [0.05, 0.1) is 0 Å². The van der Waals surface area contributed by atoms with Crippen molar-refractivity contribution in [2.24, 2.45) is 0 Å². The Morgan fingerprint density at radius 2 is 2.18 bits per heavy atom. The molecule has 0 saturated carbocycles. The van der Waals surface area contributed by atoms with Crippen molar-refractivity contribution >= 4 is 23.6 Å². The van der Waals surface area contributed by atoms with Crippen LogP contribution in [0.3, 0.4) is 0 Å². The van der Waals surface area contributed by atoms with Gasteiger partial charge in [0, 0.05) is 18.6 Å². The molecule has 0 aliphatic rings. The van der Waals surface area contributed by atoms with Gasteiger partial charge in [0.2, 0.25) is 0 Å². The molecule has 0 heterocycles. The molecule has 1 aromatic carbocycles. The van der Waals surface area contributed by atoms with Crippen LogP contribution in [0.1, 0.15) is 5.56 Å². The van der Waals surface area contributed by atoms with E-state index in [1.54, 1.807) is 18.2 Å². The Labute approximate surface area is 104 Å². The normalized spacial score (nSPS) is 9.76. The van der Waals surface area contributed by atoms with Crippen molar-refractivity contribution < 1.29 is 14.7 Å². The summed E-state index contributed by atoms with van der Waals surface area (Å²) in [6.07, 6.45) is 0. The number of carboxylic acids is 1. The number of nitrogens with one attached hydrogen (secondary N) is 1. The summed E-state index contributed by atoms with van der Waals surface area (Å²) in [6.45, 7) is -0.0231. The van der Waals surface area contributed by atoms with Crippen LogP contribution in [0.25, 0.3) is 0 Å². The highest BCUT2D eigenvalue weighted by Crippen LogP contribution is 2.10. The molecule has 92 valence electrons. The first-order valence-electron chi connectivity index (χ1n) is 4.94. The number of benzene rings is 1. The van der Waals surface area contributed by atoms with Gasteiger partial charge in [-0.25, -0.2) is 4.79 Å². The van der Waals surface area contributed by atoms with Crippen LogP contribution in [-0.4, -0.2) is 35.6 Å². The zero-order valence-corrected chi connectivity index (χ0v) is 10.1. The van der Waals surface area contributed by atoms with Crippen LogP contribution in [-0.2, 0) is 11.3 Å². The van der Waals surface area contributed by atoms with Crippen molar-refractivity contribution in [2.45, 2.75) is 6.54 Å². The number of nitrogens with zero attached hydrogens (tertiary/aromatic N) is 1. The summed E-state index contributed by atoms with van der Waals surface area (Å²) in [4.78, 5) is 22.9. The first kappa shape index (κ1) is 13.3. The molecule has 0 aromatic heterocycles. The van der Waals surface area contributed by atoms with Gasteiger partial charge in [0.1, 0.15) is 6.54 Å². The van der Waals surface area contributed by atoms with E-state index in [0.29, 0.717) is 11.6 Å². The summed E-state index contributed by atoms with van der Waals surface area (Å²) in [5.41, 5.74) is 0.856. The summed E-state index contributed by atoms with van der Waals surface area (Å²) in [6, 6.07) is 6.64. The molecule has 0 bridgehead atoms. The van der Waals surface area contributed by atoms with Crippen LogP contribution in [0.15, 0.2) is 24.3 Å². The van der Waals surface area contributed by atoms with E-state index in [4.69, 9.17) is 16.7 Å². The molecule has 1 rings (SSSR count). The van der Waals surface area contributed by atoms with Gasteiger partial charge in [-0.05, 0) is 17.7 Å². The molecule has 5 nitrogen and oxygen atoms in total. The Morgan fingerprint density at radius 1 is 1.47 bits per heavy atom. The predicted molar refractivity (Wildman–Crippen MR) is 64.0 cm³/mol. The van der Waals surface area contributed by atoms with E-state index in [1.165, 1.54) is 7.05 Å². The standard InChI is InChI=1S/C11H13ClN2O3/c1-14(7-10(15)16)11(17)13-6-8-3-2-4-9(12)5-8/h2-5H,6-7H2,1H3,(H,13,17)(H,15,16). The maximum Gasteiger partial charge on any atom is 0.323 e. The lowest BCUT2D eigenvalue weighted by Crippen LogP contribution is -2.39. The van der Waals surface area contributed by atoms with Gasteiger partial charge in [-0.3, -0.25) is 4.79 Å². The third kappa shape index (κ3) is 4.74. The zero-order valence-electron chi connectivity index (χ0n) is 9.31. The second-order valence-corrected chi connectivity index (χ2v) is 3.97. The highest BCUT2D eigenvalue weighted by molar-refractivity contribution is 6.30. The quantitative estimate of drug-likeness (QED) is 0.859. The Kier molecular flexibility index (Phi) is 4.78. The van der Waals surface area contributed by atoms with Crippen LogP contribution in [0.4, 0.5) is 4.79 Å². The highest BCUT2D eigenvalue weighted by atomic mass is 35.5. The minimum Gasteiger partial charge on any atom is -0.480 e. The van der Waals surface area contributed by atoms with Crippen molar-refractivity contribution in [3.63, 3.8) is 0 Å². The average Bonchev–Trinajstić information content (AvgIpc) is 2.25. The van der Waals surface area contributed by atoms with E-state index < -0.39 is 12.0 Å². The number of likely N-dealkylation sites (N-methyl/N-ethyl adjacent to an activating group) is 1. The Morgan fingerprint density at radius 3 is 2.76 bits per heavy atom. The maximum atomic E-state index is 11.5. The summed E-state index contributed by atoms with van der Waals surface area (Å²) in [5, 5.41) is 11.7. The Bertz CT molecular complexity index is 423. The van der Waals surface area contributed by atoms with Gasteiger partial charge in [-0.1, -0.05) is 23.7 Å². The van der Waals surface area contributed by atoms with Gasteiger partial charge in [-0.2, -0.15) is 0 Å². The molecule has 0 atom stereocenters. The van der Waals surface area contributed by atoms with Crippen LogP contribution >= 0.6 is 11.6 Å². The Hall–Kier alpha value is -1.75. The second-order valence-electron chi connectivity index (χ2n) is 3.54. The number of carbonyl (C=O) groups is 2. The van der Waals surface area contributed by atoms with E-state index in [0.717, 1.165) is 10.5 Å². The minimum absolute atomic E-state index is 0.309. The number of urea groups is 1.